The SMILES string of the molecule is CCOC(=O)CC(c1csc2ccccc12)N(CC)CC. The van der Waals surface area contributed by atoms with Crippen molar-refractivity contribution in [2.45, 2.75) is 33.2 Å². The molecule has 114 valence electrons. The molecule has 0 fully saturated rings. The topological polar surface area (TPSA) is 29.5 Å². The van der Waals surface area contributed by atoms with Crippen LogP contribution in [0.3, 0.4) is 0 Å². The fourth-order valence-electron chi connectivity index (χ4n) is 2.73. The second kappa shape index (κ2) is 7.57. The van der Waals surface area contributed by atoms with Gasteiger partial charge in [0.05, 0.1) is 13.0 Å². The van der Waals surface area contributed by atoms with Crippen molar-refractivity contribution < 1.29 is 9.53 Å². The summed E-state index contributed by atoms with van der Waals surface area (Å²) in [6, 6.07) is 8.48. The van der Waals surface area contributed by atoms with Gasteiger partial charge in [-0.25, -0.2) is 0 Å². The van der Waals surface area contributed by atoms with Gasteiger partial charge in [-0.15, -0.1) is 11.3 Å². The normalized spacial score (nSPS) is 12.8. The van der Waals surface area contributed by atoms with Crippen molar-refractivity contribution in [2.75, 3.05) is 19.7 Å². The van der Waals surface area contributed by atoms with Gasteiger partial charge in [0.2, 0.25) is 0 Å². The second-order valence-corrected chi connectivity index (χ2v) is 5.84. The van der Waals surface area contributed by atoms with E-state index in [4.69, 9.17) is 4.74 Å². The number of hydrogen-bond donors (Lipinski definition) is 0. The zero-order valence-electron chi connectivity index (χ0n) is 13.0. The van der Waals surface area contributed by atoms with E-state index in [2.05, 4.69) is 48.4 Å². The van der Waals surface area contributed by atoms with E-state index < -0.39 is 0 Å². The summed E-state index contributed by atoms with van der Waals surface area (Å²) >= 11 is 1.74. The summed E-state index contributed by atoms with van der Waals surface area (Å²) in [4.78, 5) is 14.3. The Bertz CT molecular complexity index is 589. The summed E-state index contributed by atoms with van der Waals surface area (Å²) < 4.78 is 6.43. The lowest BCUT2D eigenvalue weighted by atomic mass is 10.0. The number of fused-ring (bicyclic) bond motifs is 1. The van der Waals surface area contributed by atoms with Crippen molar-refractivity contribution in [1.82, 2.24) is 4.90 Å². The molecule has 21 heavy (non-hydrogen) atoms. The molecule has 1 heterocycles. The molecular formula is C17H23NO2S. The molecule has 0 N–H and O–H groups in total. The Kier molecular flexibility index (Phi) is 5.76. The van der Waals surface area contributed by atoms with Crippen LogP contribution in [0.15, 0.2) is 29.6 Å². The lowest BCUT2D eigenvalue weighted by Gasteiger charge is -2.29. The summed E-state index contributed by atoms with van der Waals surface area (Å²) in [6.07, 6.45) is 0.413. The van der Waals surface area contributed by atoms with Crippen LogP contribution >= 0.6 is 11.3 Å². The lowest BCUT2D eigenvalue weighted by Crippen LogP contribution is -2.30. The Morgan fingerprint density at radius 1 is 1.24 bits per heavy atom. The summed E-state index contributed by atoms with van der Waals surface area (Å²) in [7, 11) is 0. The van der Waals surface area contributed by atoms with E-state index in [0.29, 0.717) is 13.0 Å². The third-order valence-electron chi connectivity index (χ3n) is 3.79. The van der Waals surface area contributed by atoms with Crippen LogP contribution in [0.5, 0.6) is 0 Å². The molecule has 0 aliphatic carbocycles. The van der Waals surface area contributed by atoms with Gasteiger partial charge in [-0.3, -0.25) is 9.69 Å². The van der Waals surface area contributed by atoms with Crippen LogP contribution in [0.4, 0.5) is 0 Å². The van der Waals surface area contributed by atoms with Gasteiger partial charge < -0.3 is 4.74 Å². The van der Waals surface area contributed by atoms with Crippen LogP contribution in [0.2, 0.25) is 0 Å². The average molecular weight is 305 g/mol. The molecule has 0 amide bonds. The zero-order valence-corrected chi connectivity index (χ0v) is 13.8. The number of rotatable bonds is 7. The van der Waals surface area contributed by atoms with Crippen LogP contribution in [0, 0.1) is 0 Å². The molecule has 0 radical (unpaired) electrons. The molecule has 1 atom stereocenters. The number of carbonyl (C=O) groups excluding carboxylic acids is 1. The number of carbonyl (C=O) groups is 1. The van der Waals surface area contributed by atoms with Gasteiger partial charge >= 0.3 is 5.97 Å². The largest absolute Gasteiger partial charge is 0.466 e. The van der Waals surface area contributed by atoms with Gasteiger partial charge in [-0.1, -0.05) is 32.0 Å². The Morgan fingerprint density at radius 3 is 2.62 bits per heavy atom. The molecule has 0 saturated carbocycles. The maximum Gasteiger partial charge on any atom is 0.307 e. The first-order valence-corrected chi connectivity index (χ1v) is 8.44. The van der Waals surface area contributed by atoms with Gasteiger partial charge in [0, 0.05) is 10.7 Å². The summed E-state index contributed by atoms with van der Waals surface area (Å²) in [5, 5.41) is 3.44. The molecule has 0 aliphatic heterocycles. The van der Waals surface area contributed by atoms with E-state index in [9.17, 15) is 4.79 Å². The highest BCUT2D eigenvalue weighted by Crippen LogP contribution is 2.35. The minimum absolute atomic E-state index is 0.0928. The molecule has 0 saturated heterocycles. The van der Waals surface area contributed by atoms with Gasteiger partial charge in [-0.05, 0) is 42.4 Å². The third-order valence-corrected chi connectivity index (χ3v) is 4.77. The minimum Gasteiger partial charge on any atom is -0.466 e. The summed E-state index contributed by atoms with van der Waals surface area (Å²) in [5.74, 6) is -0.121. The second-order valence-electron chi connectivity index (χ2n) is 4.93. The number of thiophene rings is 1. The quantitative estimate of drug-likeness (QED) is 0.717. The lowest BCUT2D eigenvalue weighted by molar-refractivity contribution is -0.144. The van der Waals surface area contributed by atoms with E-state index in [1.54, 1.807) is 11.3 Å². The number of hydrogen-bond acceptors (Lipinski definition) is 4. The van der Waals surface area contributed by atoms with Crippen LogP contribution < -0.4 is 0 Å². The molecule has 0 spiro atoms. The number of ether oxygens (including phenoxy) is 1. The third kappa shape index (κ3) is 3.63. The van der Waals surface area contributed by atoms with Crippen LogP contribution in [-0.4, -0.2) is 30.6 Å². The van der Waals surface area contributed by atoms with Crippen molar-refractivity contribution in [3.8, 4) is 0 Å². The van der Waals surface area contributed by atoms with Crippen molar-refractivity contribution in [3.63, 3.8) is 0 Å². The Morgan fingerprint density at radius 2 is 1.95 bits per heavy atom. The van der Waals surface area contributed by atoms with E-state index >= 15 is 0 Å². The molecular weight excluding hydrogens is 282 g/mol. The van der Waals surface area contributed by atoms with E-state index in [0.717, 1.165) is 13.1 Å². The van der Waals surface area contributed by atoms with Gasteiger partial charge in [0.1, 0.15) is 0 Å². The molecule has 2 rings (SSSR count). The standard InChI is InChI=1S/C17H23NO2S/c1-4-18(5-2)15(11-17(19)20-6-3)14-12-21-16-10-8-7-9-13(14)16/h7-10,12,15H,4-6,11H2,1-3H3. The Hall–Kier alpha value is -1.39. The van der Waals surface area contributed by atoms with Crippen molar-refractivity contribution in [3.05, 3.63) is 35.2 Å². The minimum atomic E-state index is -0.121. The average Bonchev–Trinajstić information content (AvgIpc) is 2.91. The molecule has 1 unspecified atom stereocenters. The van der Waals surface area contributed by atoms with E-state index in [-0.39, 0.29) is 12.0 Å². The van der Waals surface area contributed by atoms with E-state index in [1.165, 1.54) is 15.6 Å². The maximum atomic E-state index is 12.0. The number of esters is 1. The maximum absolute atomic E-state index is 12.0. The summed E-state index contributed by atoms with van der Waals surface area (Å²) in [6.45, 7) is 8.40. The van der Waals surface area contributed by atoms with Gasteiger partial charge in [0.15, 0.2) is 0 Å². The van der Waals surface area contributed by atoms with Crippen LogP contribution in [0.1, 0.15) is 38.8 Å². The van der Waals surface area contributed by atoms with Crippen molar-refractivity contribution in [1.29, 1.82) is 0 Å². The summed E-state index contributed by atoms with van der Waals surface area (Å²) in [5.41, 5.74) is 1.24. The fourth-order valence-corrected chi connectivity index (χ4v) is 3.74. The highest BCUT2D eigenvalue weighted by molar-refractivity contribution is 7.17. The van der Waals surface area contributed by atoms with Crippen molar-refractivity contribution >= 4 is 27.4 Å². The Labute approximate surface area is 130 Å². The van der Waals surface area contributed by atoms with Gasteiger partial charge in [0.25, 0.3) is 0 Å². The first kappa shape index (κ1) is 16.0. The molecule has 2 aromatic rings. The predicted molar refractivity (Wildman–Crippen MR) is 88.7 cm³/mol. The Balaban J connectivity index is 2.36. The molecule has 0 bridgehead atoms. The first-order valence-electron chi connectivity index (χ1n) is 7.57. The highest BCUT2D eigenvalue weighted by Gasteiger charge is 2.24. The number of benzene rings is 1. The zero-order chi connectivity index (χ0) is 15.2. The smallest absolute Gasteiger partial charge is 0.307 e. The van der Waals surface area contributed by atoms with Crippen LogP contribution in [0.25, 0.3) is 10.1 Å². The molecule has 4 heteroatoms. The molecule has 0 aliphatic rings. The van der Waals surface area contributed by atoms with Gasteiger partial charge in [-0.2, -0.15) is 0 Å². The van der Waals surface area contributed by atoms with E-state index in [1.807, 2.05) is 6.92 Å². The van der Waals surface area contributed by atoms with Crippen molar-refractivity contribution in [2.24, 2.45) is 0 Å². The molecule has 1 aromatic heterocycles. The number of nitrogens with zero attached hydrogens (tertiary/aromatic N) is 1. The molecule has 1 aromatic carbocycles. The fraction of sp³-hybridized carbons (Fsp3) is 0.471. The van der Waals surface area contributed by atoms with Crippen LogP contribution in [-0.2, 0) is 9.53 Å². The monoisotopic (exact) mass is 305 g/mol. The predicted octanol–water partition coefficient (Wildman–Crippen LogP) is 4.24. The highest BCUT2D eigenvalue weighted by atomic mass is 32.1. The first-order chi connectivity index (χ1) is 10.2. The molecule has 3 nitrogen and oxygen atoms in total.